The molecule has 3 rings (SSSR count). The number of ether oxygens (including phenoxy) is 2. The van der Waals surface area contributed by atoms with Gasteiger partial charge in [-0.05, 0) is 79.4 Å². The SMILES string of the molecule is Cc1ccc(COc2ccc(/C=N/NC(=O)COc3ccc(C)c(C)c3)cc2)cc1. The van der Waals surface area contributed by atoms with Gasteiger partial charge in [0.2, 0.25) is 0 Å². The Kier molecular flexibility index (Phi) is 7.22. The predicted molar refractivity (Wildman–Crippen MR) is 119 cm³/mol. The Bertz CT molecular complexity index is 1010. The summed E-state index contributed by atoms with van der Waals surface area (Å²) < 4.78 is 11.3. The number of hydrogen-bond donors (Lipinski definition) is 1. The first-order valence-electron chi connectivity index (χ1n) is 9.80. The molecule has 0 bridgehead atoms. The van der Waals surface area contributed by atoms with Crippen molar-refractivity contribution in [1.29, 1.82) is 0 Å². The fraction of sp³-hybridized carbons (Fsp3) is 0.200. The molecule has 3 aromatic rings. The molecule has 0 saturated heterocycles. The van der Waals surface area contributed by atoms with E-state index in [0.29, 0.717) is 12.4 Å². The van der Waals surface area contributed by atoms with Crippen LogP contribution in [0.3, 0.4) is 0 Å². The van der Waals surface area contributed by atoms with Gasteiger partial charge in [0.05, 0.1) is 6.21 Å². The fourth-order valence-electron chi connectivity index (χ4n) is 2.66. The van der Waals surface area contributed by atoms with Gasteiger partial charge in [0, 0.05) is 0 Å². The molecule has 0 fully saturated rings. The largest absolute Gasteiger partial charge is 0.489 e. The van der Waals surface area contributed by atoms with Crippen LogP contribution in [0.4, 0.5) is 0 Å². The Morgan fingerprint density at radius 2 is 1.57 bits per heavy atom. The highest BCUT2D eigenvalue weighted by atomic mass is 16.5. The van der Waals surface area contributed by atoms with Gasteiger partial charge < -0.3 is 9.47 Å². The number of rotatable bonds is 8. The normalized spacial score (nSPS) is 10.8. The molecule has 0 atom stereocenters. The van der Waals surface area contributed by atoms with E-state index in [1.165, 1.54) is 11.1 Å². The van der Waals surface area contributed by atoms with Gasteiger partial charge in [-0.25, -0.2) is 5.43 Å². The number of carbonyl (C=O) groups is 1. The quantitative estimate of drug-likeness (QED) is 0.438. The molecule has 1 amide bonds. The van der Waals surface area contributed by atoms with E-state index in [4.69, 9.17) is 9.47 Å². The molecule has 0 aliphatic heterocycles. The van der Waals surface area contributed by atoms with Gasteiger partial charge in [-0.2, -0.15) is 5.10 Å². The molecule has 30 heavy (non-hydrogen) atoms. The van der Waals surface area contributed by atoms with E-state index in [1.807, 2.05) is 56.3 Å². The average molecular weight is 402 g/mol. The van der Waals surface area contributed by atoms with Gasteiger partial charge in [-0.3, -0.25) is 4.79 Å². The van der Waals surface area contributed by atoms with Crippen molar-refractivity contribution in [2.24, 2.45) is 5.10 Å². The van der Waals surface area contributed by atoms with E-state index in [-0.39, 0.29) is 12.5 Å². The van der Waals surface area contributed by atoms with Crippen LogP contribution in [0.5, 0.6) is 11.5 Å². The minimum Gasteiger partial charge on any atom is -0.489 e. The van der Waals surface area contributed by atoms with Crippen molar-refractivity contribution in [3.05, 3.63) is 94.5 Å². The number of nitrogens with one attached hydrogen (secondary N) is 1. The zero-order valence-electron chi connectivity index (χ0n) is 17.5. The smallest absolute Gasteiger partial charge is 0.277 e. The second kappa shape index (κ2) is 10.3. The Hall–Kier alpha value is -3.60. The third-order valence-corrected chi connectivity index (χ3v) is 4.66. The molecule has 0 spiro atoms. The zero-order chi connectivity index (χ0) is 21.3. The summed E-state index contributed by atoms with van der Waals surface area (Å²) in [5.41, 5.74) is 7.98. The monoisotopic (exact) mass is 402 g/mol. The summed E-state index contributed by atoms with van der Waals surface area (Å²) in [6.07, 6.45) is 1.58. The summed E-state index contributed by atoms with van der Waals surface area (Å²) in [6.45, 7) is 6.52. The second-order valence-electron chi connectivity index (χ2n) is 7.17. The standard InChI is InChI=1S/C25H26N2O3/c1-18-4-7-22(8-5-18)16-29-23-12-9-21(10-13-23)15-26-27-25(28)17-30-24-11-6-19(2)20(3)14-24/h4-15H,16-17H2,1-3H3,(H,27,28)/b26-15+. The predicted octanol–water partition coefficient (Wildman–Crippen LogP) is 4.72. The van der Waals surface area contributed by atoms with Crippen LogP contribution < -0.4 is 14.9 Å². The summed E-state index contributed by atoms with van der Waals surface area (Å²) >= 11 is 0. The molecule has 0 aliphatic rings. The average Bonchev–Trinajstić information content (AvgIpc) is 2.75. The maximum atomic E-state index is 11.9. The van der Waals surface area contributed by atoms with Crippen molar-refractivity contribution >= 4 is 12.1 Å². The van der Waals surface area contributed by atoms with Gasteiger partial charge in [-0.15, -0.1) is 0 Å². The van der Waals surface area contributed by atoms with Crippen molar-refractivity contribution in [3.8, 4) is 11.5 Å². The molecule has 0 aromatic heterocycles. The molecule has 0 unspecified atom stereocenters. The van der Waals surface area contributed by atoms with Gasteiger partial charge in [-0.1, -0.05) is 35.9 Å². The van der Waals surface area contributed by atoms with Crippen molar-refractivity contribution in [2.75, 3.05) is 6.61 Å². The summed E-state index contributed by atoms with van der Waals surface area (Å²) in [7, 11) is 0. The first kappa shape index (κ1) is 21.1. The lowest BCUT2D eigenvalue weighted by atomic mass is 10.1. The minimum atomic E-state index is -0.317. The first-order chi connectivity index (χ1) is 14.5. The molecular weight excluding hydrogens is 376 g/mol. The van der Waals surface area contributed by atoms with Crippen molar-refractivity contribution in [2.45, 2.75) is 27.4 Å². The van der Waals surface area contributed by atoms with Gasteiger partial charge in [0.1, 0.15) is 18.1 Å². The van der Waals surface area contributed by atoms with E-state index in [2.05, 4.69) is 41.7 Å². The number of aryl methyl sites for hydroxylation is 3. The minimum absolute atomic E-state index is 0.0916. The summed E-state index contributed by atoms with van der Waals surface area (Å²) in [5, 5.41) is 3.97. The topological polar surface area (TPSA) is 59.9 Å². The van der Waals surface area contributed by atoms with Crippen molar-refractivity contribution in [3.63, 3.8) is 0 Å². The van der Waals surface area contributed by atoms with Crippen LogP contribution in [0.2, 0.25) is 0 Å². The van der Waals surface area contributed by atoms with Crippen LogP contribution in [0, 0.1) is 20.8 Å². The molecule has 0 heterocycles. The van der Waals surface area contributed by atoms with Gasteiger partial charge in [0.15, 0.2) is 6.61 Å². The third-order valence-electron chi connectivity index (χ3n) is 4.66. The number of amides is 1. The molecule has 3 aromatic carbocycles. The lowest BCUT2D eigenvalue weighted by Gasteiger charge is -2.07. The van der Waals surface area contributed by atoms with Gasteiger partial charge in [0.25, 0.3) is 5.91 Å². The van der Waals surface area contributed by atoms with Crippen LogP contribution >= 0.6 is 0 Å². The van der Waals surface area contributed by atoms with Crippen LogP contribution in [-0.4, -0.2) is 18.7 Å². The van der Waals surface area contributed by atoms with E-state index in [9.17, 15) is 4.79 Å². The molecule has 5 heteroatoms. The van der Waals surface area contributed by atoms with Crippen LogP contribution in [0.15, 0.2) is 71.8 Å². The maximum absolute atomic E-state index is 11.9. The van der Waals surface area contributed by atoms with E-state index < -0.39 is 0 Å². The zero-order valence-corrected chi connectivity index (χ0v) is 17.5. The number of hydrazone groups is 1. The van der Waals surface area contributed by atoms with Crippen LogP contribution in [0.1, 0.15) is 27.8 Å². The first-order valence-corrected chi connectivity index (χ1v) is 9.80. The second-order valence-corrected chi connectivity index (χ2v) is 7.17. The molecule has 5 nitrogen and oxygen atoms in total. The molecule has 0 radical (unpaired) electrons. The van der Waals surface area contributed by atoms with E-state index in [1.54, 1.807) is 6.21 Å². The lowest BCUT2D eigenvalue weighted by molar-refractivity contribution is -0.123. The summed E-state index contributed by atoms with van der Waals surface area (Å²) in [5.74, 6) is 1.12. The van der Waals surface area contributed by atoms with Crippen molar-refractivity contribution < 1.29 is 14.3 Å². The Morgan fingerprint density at radius 3 is 2.27 bits per heavy atom. The fourth-order valence-corrected chi connectivity index (χ4v) is 2.66. The number of carbonyl (C=O) groups excluding carboxylic acids is 1. The Labute approximate surface area is 177 Å². The highest BCUT2D eigenvalue weighted by Gasteiger charge is 2.03. The van der Waals surface area contributed by atoms with Crippen LogP contribution in [0.25, 0.3) is 0 Å². The van der Waals surface area contributed by atoms with E-state index in [0.717, 1.165) is 22.4 Å². The maximum Gasteiger partial charge on any atom is 0.277 e. The molecule has 0 saturated carbocycles. The van der Waals surface area contributed by atoms with Crippen LogP contribution in [-0.2, 0) is 11.4 Å². The third kappa shape index (κ3) is 6.48. The molecule has 154 valence electrons. The lowest BCUT2D eigenvalue weighted by Crippen LogP contribution is -2.24. The highest BCUT2D eigenvalue weighted by molar-refractivity contribution is 5.83. The Morgan fingerprint density at radius 1 is 0.867 bits per heavy atom. The molecule has 0 aliphatic carbocycles. The Balaban J connectivity index is 1.42. The summed E-state index contributed by atoms with van der Waals surface area (Å²) in [4.78, 5) is 11.9. The molecule has 1 N–H and O–H groups in total. The van der Waals surface area contributed by atoms with E-state index >= 15 is 0 Å². The number of benzene rings is 3. The molecular formula is C25H26N2O3. The summed E-state index contributed by atoms with van der Waals surface area (Å²) in [6, 6.07) is 21.5. The van der Waals surface area contributed by atoms with Gasteiger partial charge >= 0.3 is 0 Å². The van der Waals surface area contributed by atoms with Crippen molar-refractivity contribution in [1.82, 2.24) is 5.43 Å². The number of nitrogens with zero attached hydrogens (tertiary/aromatic N) is 1. The number of hydrogen-bond acceptors (Lipinski definition) is 4. The highest BCUT2D eigenvalue weighted by Crippen LogP contribution is 2.16.